The lowest BCUT2D eigenvalue weighted by Gasteiger charge is -2.51. The maximum atomic E-state index is 13.7. The first-order valence-corrected chi connectivity index (χ1v) is 9.18. The van der Waals surface area contributed by atoms with Gasteiger partial charge < -0.3 is 5.32 Å². The van der Waals surface area contributed by atoms with Crippen LogP contribution in [0.2, 0.25) is 5.15 Å². The fourth-order valence-electron chi connectivity index (χ4n) is 2.32. The van der Waals surface area contributed by atoms with Gasteiger partial charge in [0.1, 0.15) is 5.03 Å². The molecule has 9 heteroatoms. The smallest absolute Gasteiger partial charge is 0.375 e. The van der Waals surface area contributed by atoms with Gasteiger partial charge in [0.2, 0.25) is 0 Å². The summed E-state index contributed by atoms with van der Waals surface area (Å²) < 4.78 is 42.2. The largest absolute Gasteiger partial charge is 0.418 e. The van der Waals surface area contributed by atoms with E-state index in [2.05, 4.69) is 15.4 Å². The zero-order chi connectivity index (χ0) is 14.1. The Bertz CT molecular complexity index is 694. The second-order valence-electron chi connectivity index (χ2n) is 5.44. The van der Waals surface area contributed by atoms with E-state index in [0.717, 1.165) is 0 Å². The van der Waals surface area contributed by atoms with E-state index in [1.54, 1.807) is 0 Å². The van der Waals surface area contributed by atoms with Crippen LogP contribution in [0.3, 0.4) is 0 Å². The minimum absolute atomic E-state index is 0.133. The standard InChI is InChI=1S/C10H12ClF3N4S/c1-19(2,10(12,13)14)5-16-6-4-15-8-3-7(11)17-18(8)9(6)19/h3-4,16,19H,5H2,1-2H3. The quantitative estimate of drug-likeness (QED) is 0.580. The summed E-state index contributed by atoms with van der Waals surface area (Å²) in [5, 5.41) is 7.06. The van der Waals surface area contributed by atoms with E-state index in [4.69, 9.17) is 11.6 Å². The molecule has 1 N–H and O–H groups in total. The molecule has 0 fully saturated rings. The van der Waals surface area contributed by atoms with Crippen molar-refractivity contribution in [1.29, 1.82) is 0 Å². The number of hydrogen-bond acceptors (Lipinski definition) is 3. The highest BCUT2D eigenvalue weighted by molar-refractivity contribution is 8.49. The van der Waals surface area contributed by atoms with E-state index in [1.807, 2.05) is 0 Å². The Morgan fingerprint density at radius 1 is 1.42 bits per heavy atom. The molecule has 0 radical (unpaired) electrons. The van der Waals surface area contributed by atoms with Crippen molar-refractivity contribution in [3.8, 4) is 0 Å². The van der Waals surface area contributed by atoms with Gasteiger partial charge in [0.05, 0.1) is 11.9 Å². The Labute approximate surface area is 112 Å². The number of thiol groups is 1. The number of halogens is 4. The van der Waals surface area contributed by atoms with Crippen LogP contribution in [0.15, 0.2) is 17.3 Å². The van der Waals surface area contributed by atoms with E-state index in [9.17, 15) is 13.2 Å². The van der Waals surface area contributed by atoms with E-state index >= 15 is 0 Å². The number of alkyl halides is 3. The molecule has 4 nitrogen and oxygen atoms in total. The highest BCUT2D eigenvalue weighted by atomic mass is 35.5. The van der Waals surface area contributed by atoms with E-state index in [1.165, 1.54) is 29.3 Å². The number of anilines is 1. The zero-order valence-electron chi connectivity index (χ0n) is 10.2. The van der Waals surface area contributed by atoms with E-state index in [0.29, 0.717) is 11.3 Å². The summed E-state index contributed by atoms with van der Waals surface area (Å²) >= 11 is 5.78. The van der Waals surface area contributed by atoms with Gasteiger partial charge in [0, 0.05) is 11.9 Å². The van der Waals surface area contributed by atoms with Gasteiger partial charge in [0.15, 0.2) is 10.8 Å². The third-order valence-electron chi connectivity index (χ3n) is 3.66. The molecule has 0 unspecified atom stereocenters. The lowest BCUT2D eigenvalue weighted by Crippen LogP contribution is -2.35. The van der Waals surface area contributed by atoms with Gasteiger partial charge in [-0.2, -0.15) is 27.4 Å². The van der Waals surface area contributed by atoms with Crippen LogP contribution in [-0.4, -0.2) is 38.5 Å². The van der Waals surface area contributed by atoms with Gasteiger partial charge in [-0.25, -0.2) is 9.50 Å². The van der Waals surface area contributed by atoms with Crippen LogP contribution in [0.25, 0.3) is 5.65 Å². The molecule has 19 heavy (non-hydrogen) atoms. The van der Waals surface area contributed by atoms with Crippen molar-refractivity contribution < 1.29 is 13.2 Å². The lowest BCUT2D eigenvalue weighted by atomic mass is 10.5. The van der Waals surface area contributed by atoms with Gasteiger partial charge in [0.25, 0.3) is 0 Å². The molecule has 0 aliphatic carbocycles. The first kappa shape index (κ1) is 12.9. The average Bonchev–Trinajstić information content (AvgIpc) is 2.76. The molecule has 106 valence electrons. The maximum Gasteiger partial charge on any atom is 0.418 e. The van der Waals surface area contributed by atoms with Crippen molar-refractivity contribution in [2.75, 3.05) is 23.7 Å². The molecule has 0 atom stereocenters. The molecule has 0 bridgehead atoms. The number of fused-ring (bicyclic) bond motifs is 3. The molecule has 0 saturated carbocycles. The SMILES string of the molecule is C[SH]1(C)(C(F)(F)F)CNc2cnc3cc(Cl)nn3c21. The molecular weight excluding hydrogens is 301 g/mol. The predicted octanol–water partition coefficient (Wildman–Crippen LogP) is 2.98. The minimum Gasteiger partial charge on any atom is -0.375 e. The van der Waals surface area contributed by atoms with Crippen LogP contribution in [0.1, 0.15) is 0 Å². The van der Waals surface area contributed by atoms with Crippen LogP contribution >= 0.6 is 20.8 Å². The van der Waals surface area contributed by atoms with Crippen LogP contribution in [0.5, 0.6) is 0 Å². The van der Waals surface area contributed by atoms with Crippen molar-refractivity contribution in [2.24, 2.45) is 0 Å². The van der Waals surface area contributed by atoms with Crippen LogP contribution in [0.4, 0.5) is 18.9 Å². The third-order valence-corrected chi connectivity index (χ3v) is 8.37. The maximum absolute atomic E-state index is 13.7. The molecule has 2 aromatic heterocycles. The molecular formula is C10H12ClF3N4S. The van der Waals surface area contributed by atoms with Gasteiger partial charge in [-0.3, -0.25) is 0 Å². The summed E-state index contributed by atoms with van der Waals surface area (Å²) in [7, 11) is -4.16. The van der Waals surface area contributed by atoms with Gasteiger partial charge >= 0.3 is 5.51 Å². The monoisotopic (exact) mass is 312 g/mol. The lowest BCUT2D eigenvalue weighted by molar-refractivity contribution is -0.0407. The van der Waals surface area contributed by atoms with Crippen molar-refractivity contribution in [3.05, 3.63) is 17.4 Å². The molecule has 0 amide bonds. The topological polar surface area (TPSA) is 42.2 Å². The Morgan fingerprint density at radius 2 is 2.11 bits per heavy atom. The summed E-state index contributed by atoms with van der Waals surface area (Å²) in [6, 6.07) is 1.45. The van der Waals surface area contributed by atoms with E-state index < -0.39 is 14.7 Å². The molecule has 2 aromatic rings. The van der Waals surface area contributed by atoms with Crippen molar-refractivity contribution in [3.63, 3.8) is 0 Å². The molecule has 0 spiro atoms. The number of rotatable bonds is 0. The fraction of sp³-hybridized carbons (Fsp3) is 0.400. The molecule has 0 aromatic carbocycles. The molecule has 1 aliphatic rings. The molecule has 3 heterocycles. The van der Waals surface area contributed by atoms with Gasteiger partial charge in [-0.15, -0.1) is 0 Å². The third kappa shape index (κ3) is 1.44. The van der Waals surface area contributed by atoms with Crippen molar-refractivity contribution in [1.82, 2.24) is 14.6 Å². The summed E-state index contributed by atoms with van der Waals surface area (Å²) in [4.78, 5) is 4.06. The van der Waals surface area contributed by atoms with Crippen LogP contribution in [0, 0.1) is 0 Å². The van der Waals surface area contributed by atoms with Crippen molar-refractivity contribution in [2.45, 2.75) is 10.5 Å². The Balaban J connectivity index is 2.44. The Kier molecular flexibility index (Phi) is 2.23. The summed E-state index contributed by atoms with van der Waals surface area (Å²) in [5.41, 5.74) is -3.60. The molecule has 1 aliphatic heterocycles. The first-order chi connectivity index (χ1) is 8.63. The summed E-state index contributed by atoms with van der Waals surface area (Å²) in [6.07, 6.45) is 3.99. The van der Waals surface area contributed by atoms with E-state index in [-0.39, 0.29) is 16.1 Å². The van der Waals surface area contributed by atoms with Crippen LogP contribution in [-0.2, 0) is 0 Å². The normalized spacial score (nSPS) is 22.5. The second kappa shape index (κ2) is 3.29. The zero-order valence-corrected chi connectivity index (χ0v) is 11.8. The number of hydrogen-bond donors (Lipinski definition) is 2. The Morgan fingerprint density at radius 3 is 2.74 bits per heavy atom. The number of nitrogens with one attached hydrogen (secondary N) is 1. The summed E-state index contributed by atoms with van der Waals surface area (Å²) in [5.74, 6) is -0.136. The second-order valence-corrected chi connectivity index (χ2v) is 11.9. The molecule has 0 saturated heterocycles. The van der Waals surface area contributed by atoms with Crippen molar-refractivity contribution >= 4 is 32.1 Å². The predicted molar refractivity (Wildman–Crippen MR) is 71.6 cm³/mol. The Hall–Kier alpha value is -1.15. The summed E-state index contributed by atoms with van der Waals surface area (Å²) in [6.45, 7) is 0. The van der Waals surface area contributed by atoms with Crippen LogP contribution < -0.4 is 5.32 Å². The number of nitrogens with zero attached hydrogens (tertiary/aromatic N) is 3. The first-order valence-electron chi connectivity index (χ1n) is 5.49. The highest BCUT2D eigenvalue weighted by Crippen LogP contribution is 2.82. The minimum atomic E-state index is -4.31. The number of aromatic nitrogens is 3. The molecule has 3 rings (SSSR count). The van der Waals surface area contributed by atoms with Gasteiger partial charge in [-0.1, -0.05) is 11.6 Å². The average molecular weight is 313 g/mol. The fourth-order valence-corrected chi connectivity index (χ4v) is 5.37. The van der Waals surface area contributed by atoms with Gasteiger partial charge in [-0.05, 0) is 12.5 Å². The highest BCUT2D eigenvalue weighted by Gasteiger charge is 2.61.